The molecule has 4 heterocycles. The van der Waals surface area contributed by atoms with E-state index in [1.165, 1.54) is 16.8 Å². The van der Waals surface area contributed by atoms with Gasteiger partial charge in [-0.05, 0) is 29.8 Å². The van der Waals surface area contributed by atoms with Crippen LogP contribution < -0.4 is 4.90 Å². The molecule has 0 bridgehead atoms. The molecule has 42 heavy (non-hydrogen) atoms. The van der Waals surface area contributed by atoms with Gasteiger partial charge in [-0.3, -0.25) is 0 Å². The zero-order valence-corrected chi connectivity index (χ0v) is 24.9. The number of ether oxygens (including phenoxy) is 3. The minimum absolute atomic E-state index is 0.0479. The molecule has 2 aliphatic rings. The Labute approximate surface area is 254 Å². The quantitative estimate of drug-likeness (QED) is 0.295. The zero-order valence-electron chi connectivity index (χ0n) is 22.6. The van der Waals surface area contributed by atoms with E-state index in [1.807, 2.05) is 41.1 Å². The predicted molar refractivity (Wildman–Crippen MR) is 157 cm³/mol. The molecule has 0 amide bonds. The second-order valence-electron chi connectivity index (χ2n) is 10.1. The van der Waals surface area contributed by atoms with Gasteiger partial charge in [-0.25, -0.2) is 18.4 Å². The van der Waals surface area contributed by atoms with Gasteiger partial charge in [0.1, 0.15) is 6.10 Å². The summed E-state index contributed by atoms with van der Waals surface area (Å²) in [6.45, 7) is 3.36. The van der Waals surface area contributed by atoms with Gasteiger partial charge in [0.15, 0.2) is 5.03 Å². The molecule has 2 aromatic carbocycles. The number of hydrogen-bond acceptors (Lipinski definition) is 8. The fraction of sp³-hybridized carbons (Fsp3) is 0.357. The molecule has 0 aliphatic carbocycles. The first-order valence-corrected chi connectivity index (χ1v) is 15.7. The van der Waals surface area contributed by atoms with E-state index in [-0.39, 0.29) is 11.1 Å². The van der Waals surface area contributed by atoms with E-state index in [0.29, 0.717) is 68.2 Å². The molecule has 11 nitrogen and oxygen atoms in total. The number of hydrogen-bond donors (Lipinski definition) is 1. The number of anilines is 1. The second kappa shape index (κ2) is 12.3. The maximum Gasteiger partial charge on any atom is 0.262 e. The highest BCUT2D eigenvalue weighted by Gasteiger charge is 2.42. The molecular weight excluding hydrogens is 603 g/mol. The van der Waals surface area contributed by atoms with Crippen LogP contribution in [0.2, 0.25) is 10.0 Å². The molecule has 6 rings (SSSR count). The summed E-state index contributed by atoms with van der Waals surface area (Å²) in [6.07, 6.45) is 7.75. The molecule has 14 heteroatoms. The van der Waals surface area contributed by atoms with Crippen molar-refractivity contribution in [1.29, 1.82) is 0 Å². The van der Waals surface area contributed by atoms with Crippen molar-refractivity contribution >= 4 is 38.9 Å². The van der Waals surface area contributed by atoms with E-state index in [9.17, 15) is 8.42 Å². The average Bonchev–Trinajstić information content (AvgIpc) is 3.73. The van der Waals surface area contributed by atoms with Crippen molar-refractivity contribution < 1.29 is 22.6 Å². The van der Waals surface area contributed by atoms with Gasteiger partial charge in [-0.1, -0.05) is 41.4 Å². The van der Waals surface area contributed by atoms with Gasteiger partial charge >= 0.3 is 0 Å². The van der Waals surface area contributed by atoms with Crippen LogP contribution in [-0.4, -0.2) is 77.7 Å². The fourth-order valence-electron chi connectivity index (χ4n) is 5.12. The van der Waals surface area contributed by atoms with Crippen LogP contribution in [0, 0.1) is 0 Å². The van der Waals surface area contributed by atoms with Crippen molar-refractivity contribution in [2.75, 3.05) is 44.3 Å². The van der Waals surface area contributed by atoms with Crippen LogP contribution in [0.1, 0.15) is 11.1 Å². The Kier molecular flexibility index (Phi) is 8.55. The van der Waals surface area contributed by atoms with Gasteiger partial charge in [0, 0.05) is 61.0 Å². The minimum Gasteiger partial charge on any atom is -0.369 e. The van der Waals surface area contributed by atoms with E-state index < -0.39 is 15.8 Å². The maximum absolute atomic E-state index is 12.7. The number of imidazole rings is 2. The smallest absolute Gasteiger partial charge is 0.262 e. The number of nitrogens with one attached hydrogen (secondary N) is 1. The summed E-state index contributed by atoms with van der Waals surface area (Å²) in [5.41, 5.74) is 2.73. The molecule has 0 unspecified atom stereocenters. The largest absolute Gasteiger partial charge is 0.369 e. The number of benzene rings is 2. The summed E-state index contributed by atoms with van der Waals surface area (Å²) in [5, 5.41) is 1.04. The van der Waals surface area contributed by atoms with E-state index in [0.717, 1.165) is 11.3 Å². The highest BCUT2D eigenvalue weighted by Crippen LogP contribution is 2.38. The second-order valence-corrected chi connectivity index (χ2v) is 12.9. The lowest BCUT2D eigenvalue weighted by molar-refractivity contribution is -0.313. The molecule has 0 spiro atoms. The lowest BCUT2D eigenvalue weighted by Crippen LogP contribution is -2.48. The molecule has 4 aromatic rings. The van der Waals surface area contributed by atoms with E-state index in [2.05, 4.69) is 19.9 Å². The van der Waals surface area contributed by atoms with Gasteiger partial charge in [-0.15, -0.1) is 0 Å². The van der Waals surface area contributed by atoms with Crippen LogP contribution in [0.25, 0.3) is 0 Å². The first kappa shape index (κ1) is 29.1. The number of aromatic amines is 1. The van der Waals surface area contributed by atoms with Crippen molar-refractivity contribution in [3.8, 4) is 0 Å². The van der Waals surface area contributed by atoms with Crippen LogP contribution in [0.15, 0.2) is 78.7 Å². The molecule has 2 fully saturated rings. The lowest BCUT2D eigenvalue weighted by Gasteiger charge is -2.41. The minimum atomic E-state index is -3.58. The molecule has 1 N–H and O–H groups in total. The Morgan fingerprint density at radius 2 is 1.81 bits per heavy atom. The standard InChI is InChI=1S/C28H30Cl2N6O5S/c29-22-3-6-25(26(30)13-22)28(18-34-8-7-31-20-34)40-16-24(17-41-28)39-15-21-1-4-23(5-2-21)35-9-11-36(12-10-35)42(37,38)27-14-32-19-33-27/h1-8,13-14,19-20,24H,9-12,15-18H2,(H,32,33)/t24-,28-. The number of H-pyrrole nitrogens is 1. The van der Waals surface area contributed by atoms with Crippen LogP contribution >= 0.6 is 23.2 Å². The van der Waals surface area contributed by atoms with Gasteiger partial charge in [-0.2, -0.15) is 4.31 Å². The van der Waals surface area contributed by atoms with E-state index in [1.54, 1.807) is 24.7 Å². The number of halogens is 2. The third-order valence-electron chi connectivity index (χ3n) is 7.40. The highest BCUT2D eigenvalue weighted by molar-refractivity contribution is 7.89. The summed E-state index contributed by atoms with van der Waals surface area (Å²) in [5.74, 6) is -1.11. The molecule has 0 saturated carbocycles. The van der Waals surface area contributed by atoms with Crippen LogP contribution in [0.3, 0.4) is 0 Å². The van der Waals surface area contributed by atoms with Crippen molar-refractivity contribution in [1.82, 2.24) is 23.8 Å². The third kappa shape index (κ3) is 6.20. The number of piperazine rings is 1. The predicted octanol–water partition coefficient (Wildman–Crippen LogP) is 3.91. The summed E-state index contributed by atoms with van der Waals surface area (Å²) in [4.78, 5) is 12.9. The van der Waals surface area contributed by atoms with E-state index >= 15 is 0 Å². The fourth-order valence-corrected chi connectivity index (χ4v) is 6.98. The first-order valence-electron chi connectivity index (χ1n) is 13.5. The lowest BCUT2D eigenvalue weighted by atomic mass is 10.0. The van der Waals surface area contributed by atoms with Gasteiger partial charge < -0.3 is 28.7 Å². The van der Waals surface area contributed by atoms with Crippen LogP contribution in [0.4, 0.5) is 5.69 Å². The monoisotopic (exact) mass is 632 g/mol. The number of aromatic nitrogens is 4. The highest BCUT2D eigenvalue weighted by atomic mass is 35.5. The third-order valence-corrected chi connectivity index (χ3v) is 9.74. The SMILES string of the molecule is O=S(=O)(c1c[nH]cn1)N1CCN(c2ccc(CO[C@H]3CO[C@](Cn4ccnc4)(c4ccc(Cl)cc4Cl)OC3)cc2)CC1. The van der Waals surface area contributed by atoms with Crippen molar-refractivity contribution in [3.63, 3.8) is 0 Å². The molecule has 0 atom stereocenters. The van der Waals surface area contributed by atoms with Crippen molar-refractivity contribution in [2.24, 2.45) is 0 Å². The number of rotatable bonds is 9. The molecule has 0 radical (unpaired) electrons. The summed E-state index contributed by atoms with van der Waals surface area (Å²) in [7, 11) is -3.58. The summed E-state index contributed by atoms with van der Waals surface area (Å²) in [6, 6.07) is 13.4. The van der Waals surface area contributed by atoms with Crippen molar-refractivity contribution in [2.45, 2.75) is 30.1 Å². The van der Waals surface area contributed by atoms with Crippen molar-refractivity contribution in [3.05, 3.63) is 94.9 Å². The summed E-state index contributed by atoms with van der Waals surface area (Å²) >= 11 is 12.7. The molecule has 2 aromatic heterocycles. The maximum atomic E-state index is 12.7. The molecule has 222 valence electrons. The van der Waals surface area contributed by atoms with Gasteiger partial charge in [0.05, 0.1) is 44.0 Å². The first-order chi connectivity index (χ1) is 20.3. The Morgan fingerprint density at radius 1 is 1.05 bits per heavy atom. The van der Waals surface area contributed by atoms with Gasteiger partial charge in [0.2, 0.25) is 5.79 Å². The molecular formula is C28H30Cl2N6O5S. The number of sulfonamides is 1. The normalized spacial score (nSPS) is 22.0. The van der Waals surface area contributed by atoms with Crippen LogP contribution in [0.5, 0.6) is 0 Å². The Morgan fingerprint density at radius 3 is 2.45 bits per heavy atom. The summed E-state index contributed by atoms with van der Waals surface area (Å²) < 4.78 is 47.6. The zero-order chi connectivity index (χ0) is 29.2. The Hall–Kier alpha value is -2.97. The Bertz CT molecular complexity index is 1570. The molecule has 2 aliphatic heterocycles. The Balaban J connectivity index is 1.03. The van der Waals surface area contributed by atoms with Crippen LogP contribution in [-0.2, 0) is 43.2 Å². The molecule has 2 saturated heterocycles. The van der Waals surface area contributed by atoms with E-state index in [4.69, 9.17) is 37.4 Å². The average molecular weight is 634 g/mol. The topological polar surface area (TPSA) is 115 Å². The van der Waals surface area contributed by atoms with Gasteiger partial charge in [0.25, 0.3) is 10.0 Å². The number of nitrogens with zero attached hydrogens (tertiary/aromatic N) is 5.